The van der Waals surface area contributed by atoms with Crippen molar-refractivity contribution in [2.24, 2.45) is 0 Å². The smallest absolute Gasteiger partial charge is 0.165 e. The molecule has 1 aliphatic heterocycles. The van der Waals surface area contributed by atoms with E-state index in [0.29, 0.717) is 42.1 Å². The summed E-state index contributed by atoms with van der Waals surface area (Å²) in [6, 6.07) is 11.6. The van der Waals surface area contributed by atoms with Crippen LogP contribution in [-0.2, 0) is 0 Å². The molecular weight excluding hydrogens is 266 g/mol. The highest BCUT2D eigenvalue weighted by molar-refractivity contribution is 5.63. The predicted molar refractivity (Wildman–Crippen MR) is 82.4 cm³/mol. The molecule has 0 fully saturated rings. The van der Waals surface area contributed by atoms with Crippen molar-refractivity contribution in [1.29, 1.82) is 0 Å². The van der Waals surface area contributed by atoms with Gasteiger partial charge in [0.2, 0.25) is 0 Å². The van der Waals surface area contributed by atoms with Gasteiger partial charge in [0.15, 0.2) is 17.2 Å². The maximum atomic E-state index is 6.03. The Labute approximate surface area is 124 Å². The first-order valence-corrected chi connectivity index (χ1v) is 7.10. The predicted octanol–water partition coefficient (Wildman–Crippen LogP) is 3.96. The average Bonchev–Trinajstić information content (AvgIpc) is 2.48. The van der Waals surface area contributed by atoms with E-state index in [4.69, 9.17) is 19.9 Å². The molecule has 2 aromatic carbocycles. The monoisotopic (exact) mass is 285 g/mol. The number of hydrogen-bond acceptors (Lipinski definition) is 4. The molecule has 4 heteroatoms. The Kier molecular flexibility index (Phi) is 3.60. The molecule has 2 aromatic rings. The second-order valence-electron chi connectivity index (χ2n) is 5.36. The molecule has 0 unspecified atom stereocenters. The van der Waals surface area contributed by atoms with Crippen LogP contribution in [0.4, 0.5) is 5.69 Å². The van der Waals surface area contributed by atoms with Crippen LogP contribution in [0.15, 0.2) is 36.4 Å². The minimum atomic E-state index is 0.450. The number of fused-ring (bicyclic) bond motifs is 1. The maximum absolute atomic E-state index is 6.03. The Hall–Kier alpha value is -2.36. The SMILES string of the molecule is CC(C)c1cccc(Oc2cc3c(cc2N)OCCO3)c1. The Morgan fingerprint density at radius 1 is 1.05 bits per heavy atom. The van der Waals surface area contributed by atoms with Crippen molar-refractivity contribution < 1.29 is 14.2 Å². The van der Waals surface area contributed by atoms with Crippen LogP contribution in [-0.4, -0.2) is 13.2 Å². The fourth-order valence-corrected chi connectivity index (χ4v) is 2.24. The Balaban J connectivity index is 1.89. The van der Waals surface area contributed by atoms with Gasteiger partial charge in [0.05, 0.1) is 5.69 Å². The lowest BCUT2D eigenvalue weighted by molar-refractivity contribution is 0.171. The average molecular weight is 285 g/mol. The second kappa shape index (κ2) is 5.56. The summed E-state index contributed by atoms with van der Waals surface area (Å²) in [6.07, 6.45) is 0. The third-order valence-electron chi connectivity index (χ3n) is 3.43. The zero-order valence-corrected chi connectivity index (χ0v) is 12.3. The van der Waals surface area contributed by atoms with E-state index in [9.17, 15) is 0 Å². The minimum Gasteiger partial charge on any atom is -0.486 e. The number of hydrogen-bond donors (Lipinski definition) is 1. The Morgan fingerprint density at radius 3 is 2.48 bits per heavy atom. The lowest BCUT2D eigenvalue weighted by Gasteiger charge is -2.20. The third-order valence-corrected chi connectivity index (χ3v) is 3.43. The highest BCUT2D eigenvalue weighted by atomic mass is 16.6. The van der Waals surface area contributed by atoms with Crippen molar-refractivity contribution in [3.8, 4) is 23.0 Å². The lowest BCUT2D eigenvalue weighted by atomic mass is 10.0. The molecule has 0 spiro atoms. The van der Waals surface area contributed by atoms with Gasteiger partial charge in [0, 0.05) is 12.1 Å². The van der Waals surface area contributed by atoms with Gasteiger partial charge in [-0.05, 0) is 23.6 Å². The summed E-state index contributed by atoms with van der Waals surface area (Å²) in [5.74, 6) is 3.14. The zero-order valence-electron chi connectivity index (χ0n) is 12.3. The largest absolute Gasteiger partial charge is 0.486 e. The Morgan fingerprint density at radius 2 is 1.76 bits per heavy atom. The molecule has 21 heavy (non-hydrogen) atoms. The molecule has 110 valence electrons. The normalized spacial score (nSPS) is 13.3. The van der Waals surface area contributed by atoms with E-state index < -0.39 is 0 Å². The number of benzene rings is 2. The summed E-state index contributed by atoms with van der Waals surface area (Å²) in [7, 11) is 0. The van der Waals surface area contributed by atoms with E-state index >= 15 is 0 Å². The fraction of sp³-hybridized carbons (Fsp3) is 0.294. The van der Waals surface area contributed by atoms with E-state index in [-0.39, 0.29) is 0 Å². The first-order valence-electron chi connectivity index (χ1n) is 7.10. The molecule has 3 rings (SSSR count). The van der Waals surface area contributed by atoms with Gasteiger partial charge in [-0.15, -0.1) is 0 Å². The summed E-state index contributed by atoms with van der Waals surface area (Å²) in [5, 5.41) is 0. The topological polar surface area (TPSA) is 53.7 Å². The van der Waals surface area contributed by atoms with Gasteiger partial charge >= 0.3 is 0 Å². The zero-order chi connectivity index (χ0) is 14.8. The highest BCUT2D eigenvalue weighted by Crippen LogP contribution is 2.40. The summed E-state index contributed by atoms with van der Waals surface area (Å²) in [4.78, 5) is 0. The van der Waals surface area contributed by atoms with Crippen LogP contribution >= 0.6 is 0 Å². The first-order chi connectivity index (χ1) is 10.1. The first kappa shape index (κ1) is 13.6. The van der Waals surface area contributed by atoms with Crippen molar-refractivity contribution in [2.75, 3.05) is 18.9 Å². The molecule has 2 N–H and O–H groups in total. The highest BCUT2D eigenvalue weighted by Gasteiger charge is 2.16. The van der Waals surface area contributed by atoms with Crippen LogP contribution in [0.3, 0.4) is 0 Å². The number of anilines is 1. The summed E-state index contributed by atoms with van der Waals surface area (Å²) in [6.45, 7) is 5.39. The third kappa shape index (κ3) is 2.89. The number of nitrogen functional groups attached to an aromatic ring is 1. The van der Waals surface area contributed by atoms with Gasteiger partial charge in [-0.3, -0.25) is 0 Å². The number of ether oxygens (including phenoxy) is 3. The lowest BCUT2D eigenvalue weighted by Crippen LogP contribution is -2.15. The van der Waals surface area contributed by atoms with Crippen molar-refractivity contribution in [2.45, 2.75) is 19.8 Å². The molecule has 0 bridgehead atoms. The van der Waals surface area contributed by atoms with Gasteiger partial charge in [-0.1, -0.05) is 26.0 Å². The van der Waals surface area contributed by atoms with Crippen molar-refractivity contribution in [3.63, 3.8) is 0 Å². The molecule has 0 saturated heterocycles. The fourth-order valence-electron chi connectivity index (χ4n) is 2.24. The van der Waals surface area contributed by atoms with Crippen molar-refractivity contribution >= 4 is 5.69 Å². The molecule has 0 atom stereocenters. The van der Waals surface area contributed by atoms with E-state index in [2.05, 4.69) is 19.9 Å². The molecule has 0 radical (unpaired) electrons. The van der Waals surface area contributed by atoms with E-state index in [0.717, 1.165) is 5.75 Å². The number of nitrogens with two attached hydrogens (primary N) is 1. The van der Waals surface area contributed by atoms with Crippen LogP contribution in [0.2, 0.25) is 0 Å². The van der Waals surface area contributed by atoms with Crippen LogP contribution < -0.4 is 19.9 Å². The molecule has 0 aliphatic carbocycles. The van der Waals surface area contributed by atoms with Gasteiger partial charge in [-0.2, -0.15) is 0 Å². The summed E-state index contributed by atoms with van der Waals surface area (Å²) >= 11 is 0. The van der Waals surface area contributed by atoms with Crippen molar-refractivity contribution in [1.82, 2.24) is 0 Å². The molecule has 0 aromatic heterocycles. The van der Waals surface area contributed by atoms with Crippen LogP contribution in [0.5, 0.6) is 23.0 Å². The van der Waals surface area contributed by atoms with Gasteiger partial charge in [0.25, 0.3) is 0 Å². The van der Waals surface area contributed by atoms with E-state index in [1.807, 2.05) is 18.2 Å². The van der Waals surface area contributed by atoms with Gasteiger partial charge in [-0.25, -0.2) is 0 Å². The molecule has 1 heterocycles. The van der Waals surface area contributed by atoms with Gasteiger partial charge in [0.1, 0.15) is 19.0 Å². The molecule has 1 aliphatic rings. The number of rotatable bonds is 3. The van der Waals surface area contributed by atoms with Crippen LogP contribution in [0, 0.1) is 0 Å². The second-order valence-corrected chi connectivity index (χ2v) is 5.36. The molecule has 0 saturated carbocycles. The summed E-state index contributed by atoms with van der Waals surface area (Å²) < 4.78 is 17.0. The molecule has 0 amide bonds. The van der Waals surface area contributed by atoms with Crippen LogP contribution in [0.25, 0.3) is 0 Å². The molecule has 4 nitrogen and oxygen atoms in total. The maximum Gasteiger partial charge on any atom is 0.165 e. The van der Waals surface area contributed by atoms with Crippen molar-refractivity contribution in [3.05, 3.63) is 42.0 Å². The minimum absolute atomic E-state index is 0.450. The standard InChI is InChI=1S/C17H19NO3/c1-11(2)12-4-3-5-13(8-12)21-15-10-17-16(9-14(15)18)19-6-7-20-17/h3-5,8-11H,6-7,18H2,1-2H3. The summed E-state index contributed by atoms with van der Waals surface area (Å²) in [5.41, 5.74) is 7.79. The molecular formula is C17H19NO3. The van der Waals surface area contributed by atoms with E-state index in [1.54, 1.807) is 12.1 Å². The Bertz CT molecular complexity index is 652. The van der Waals surface area contributed by atoms with Gasteiger partial charge < -0.3 is 19.9 Å². The van der Waals surface area contributed by atoms with E-state index in [1.165, 1.54) is 5.56 Å². The quantitative estimate of drug-likeness (QED) is 0.867. The van der Waals surface area contributed by atoms with Crippen LogP contribution in [0.1, 0.15) is 25.3 Å².